The molecule has 90 valence electrons. The highest BCUT2D eigenvalue weighted by molar-refractivity contribution is 6.30. The number of hydrogen-bond donors (Lipinski definition) is 1. The van der Waals surface area contributed by atoms with Crippen molar-refractivity contribution >= 4 is 17.3 Å². The van der Waals surface area contributed by atoms with Gasteiger partial charge in [-0.25, -0.2) is 0 Å². The molecule has 0 aliphatic rings. The van der Waals surface area contributed by atoms with Crippen LogP contribution in [0.4, 0.5) is 5.69 Å². The van der Waals surface area contributed by atoms with Crippen LogP contribution in [0.1, 0.15) is 32.8 Å². The number of nitrogens with zero attached hydrogens (tertiary/aromatic N) is 1. The lowest BCUT2D eigenvalue weighted by Crippen LogP contribution is -2.32. The van der Waals surface area contributed by atoms with Crippen molar-refractivity contribution in [2.75, 3.05) is 11.4 Å². The van der Waals surface area contributed by atoms with Gasteiger partial charge in [-0.2, -0.15) is 0 Å². The maximum Gasteiger partial charge on any atom is 0.0415 e. The third kappa shape index (κ3) is 3.13. The molecule has 0 aliphatic heterocycles. The van der Waals surface area contributed by atoms with Gasteiger partial charge in [0.1, 0.15) is 0 Å². The van der Waals surface area contributed by atoms with Crippen LogP contribution >= 0.6 is 11.6 Å². The second-order valence-corrected chi connectivity index (χ2v) is 4.70. The highest BCUT2D eigenvalue weighted by atomic mass is 35.5. The zero-order valence-electron chi connectivity index (χ0n) is 10.3. The van der Waals surface area contributed by atoms with Crippen molar-refractivity contribution in [3.8, 4) is 0 Å². The molecule has 0 radical (unpaired) electrons. The van der Waals surface area contributed by atoms with Crippen LogP contribution in [0.15, 0.2) is 18.2 Å². The highest BCUT2D eigenvalue weighted by Gasteiger charge is 2.13. The Morgan fingerprint density at radius 3 is 2.56 bits per heavy atom. The molecule has 0 heterocycles. The van der Waals surface area contributed by atoms with Gasteiger partial charge < -0.3 is 10.6 Å². The van der Waals surface area contributed by atoms with E-state index in [1.165, 1.54) is 5.69 Å². The standard InChI is InChI=1S/C13H21ClN2/c1-4-7-16(10(2)3)13-6-5-12(14)8-11(13)9-15/h5-6,8,10H,4,7,9,15H2,1-3H3. The largest absolute Gasteiger partial charge is 0.369 e. The van der Waals surface area contributed by atoms with Crippen LogP contribution in [0.5, 0.6) is 0 Å². The number of hydrogen-bond acceptors (Lipinski definition) is 2. The van der Waals surface area contributed by atoms with Gasteiger partial charge >= 0.3 is 0 Å². The molecule has 16 heavy (non-hydrogen) atoms. The Hall–Kier alpha value is -0.730. The fourth-order valence-electron chi connectivity index (χ4n) is 1.90. The molecule has 0 spiro atoms. The monoisotopic (exact) mass is 240 g/mol. The van der Waals surface area contributed by atoms with Crippen molar-refractivity contribution in [1.82, 2.24) is 0 Å². The van der Waals surface area contributed by atoms with E-state index >= 15 is 0 Å². The van der Waals surface area contributed by atoms with E-state index in [4.69, 9.17) is 17.3 Å². The first-order valence-corrected chi connectivity index (χ1v) is 6.23. The maximum absolute atomic E-state index is 5.98. The van der Waals surface area contributed by atoms with Crippen LogP contribution in [-0.4, -0.2) is 12.6 Å². The van der Waals surface area contributed by atoms with Gasteiger partial charge in [0, 0.05) is 29.8 Å². The number of rotatable bonds is 5. The molecule has 0 saturated carbocycles. The fourth-order valence-corrected chi connectivity index (χ4v) is 2.09. The number of nitrogens with two attached hydrogens (primary N) is 1. The summed E-state index contributed by atoms with van der Waals surface area (Å²) < 4.78 is 0. The van der Waals surface area contributed by atoms with Gasteiger partial charge in [-0.05, 0) is 44.0 Å². The predicted molar refractivity (Wildman–Crippen MR) is 72.1 cm³/mol. The van der Waals surface area contributed by atoms with Crippen LogP contribution in [-0.2, 0) is 6.54 Å². The van der Waals surface area contributed by atoms with E-state index in [2.05, 4.69) is 31.7 Å². The molecule has 0 amide bonds. The highest BCUT2D eigenvalue weighted by Crippen LogP contribution is 2.25. The summed E-state index contributed by atoms with van der Waals surface area (Å²) in [5.74, 6) is 0. The van der Waals surface area contributed by atoms with Crippen molar-refractivity contribution < 1.29 is 0 Å². The lowest BCUT2D eigenvalue weighted by atomic mass is 10.1. The second kappa shape index (κ2) is 6.12. The lowest BCUT2D eigenvalue weighted by molar-refractivity contribution is 0.667. The van der Waals surface area contributed by atoms with E-state index in [1.54, 1.807) is 0 Å². The Morgan fingerprint density at radius 2 is 2.06 bits per heavy atom. The number of halogens is 1. The first-order valence-electron chi connectivity index (χ1n) is 5.85. The third-order valence-corrected chi connectivity index (χ3v) is 2.89. The molecule has 2 N–H and O–H groups in total. The van der Waals surface area contributed by atoms with Gasteiger partial charge in [-0.1, -0.05) is 18.5 Å². The van der Waals surface area contributed by atoms with Crippen LogP contribution in [0.3, 0.4) is 0 Å². The minimum absolute atomic E-state index is 0.478. The van der Waals surface area contributed by atoms with Crippen LogP contribution in [0.2, 0.25) is 5.02 Å². The van der Waals surface area contributed by atoms with Crippen molar-refractivity contribution in [2.24, 2.45) is 5.73 Å². The second-order valence-electron chi connectivity index (χ2n) is 4.26. The summed E-state index contributed by atoms with van der Waals surface area (Å²) in [6, 6.07) is 6.44. The van der Waals surface area contributed by atoms with Crippen molar-refractivity contribution in [3.05, 3.63) is 28.8 Å². The molecule has 0 atom stereocenters. The molecule has 0 fully saturated rings. The fraction of sp³-hybridized carbons (Fsp3) is 0.538. The van der Waals surface area contributed by atoms with Crippen molar-refractivity contribution in [1.29, 1.82) is 0 Å². The summed E-state index contributed by atoms with van der Waals surface area (Å²) in [5, 5.41) is 0.754. The third-order valence-electron chi connectivity index (χ3n) is 2.66. The molecule has 3 heteroatoms. The molecule has 1 aromatic rings. The van der Waals surface area contributed by atoms with Crippen LogP contribution < -0.4 is 10.6 Å². The summed E-state index contributed by atoms with van der Waals surface area (Å²) >= 11 is 5.98. The minimum atomic E-state index is 0.478. The molecule has 0 saturated heterocycles. The van der Waals surface area contributed by atoms with E-state index in [9.17, 15) is 0 Å². The van der Waals surface area contributed by atoms with Gasteiger partial charge in [0.25, 0.3) is 0 Å². The Balaban J connectivity index is 3.07. The zero-order valence-corrected chi connectivity index (χ0v) is 11.1. The van der Waals surface area contributed by atoms with Gasteiger partial charge in [0.05, 0.1) is 0 Å². The molecule has 1 rings (SSSR count). The average Bonchev–Trinajstić information content (AvgIpc) is 2.26. The quantitative estimate of drug-likeness (QED) is 0.855. The average molecular weight is 241 g/mol. The smallest absolute Gasteiger partial charge is 0.0415 e. The normalized spacial score (nSPS) is 10.9. The van der Waals surface area contributed by atoms with Gasteiger partial charge in [0.15, 0.2) is 0 Å². The van der Waals surface area contributed by atoms with E-state index in [1.807, 2.05) is 12.1 Å². The maximum atomic E-state index is 5.98. The molecule has 0 aliphatic carbocycles. The molecule has 1 aromatic carbocycles. The summed E-state index contributed by atoms with van der Waals surface area (Å²) in [6.45, 7) is 8.16. The Bertz CT molecular complexity index is 337. The van der Waals surface area contributed by atoms with E-state index in [-0.39, 0.29) is 0 Å². The Labute approximate surface area is 103 Å². The Morgan fingerprint density at radius 1 is 1.38 bits per heavy atom. The van der Waals surface area contributed by atoms with Gasteiger partial charge in [-0.3, -0.25) is 0 Å². The summed E-state index contributed by atoms with van der Waals surface area (Å²) in [6.07, 6.45) is 1.13. The number of anilines is 1. The van der Waals surface area contributed by atoms with Crippen molar-refractivity contribution in [2.45, 2.75) is 39.8 Å². The lowest BCUT2D eigenvalue weighted by Gasteiger charge is -2.30. The van der Waals surface area contributed by atoms with Gasteiger partial charge in [0.2, 0.25) is 0 Å². The molecule has 2 nitrogen and oxygen atoms in total. The first kappa shape index (κ1) is 13.3. The van der Waals surface area contributed by atoms with Crippen molar-refractivity contribution in [3.63, 3.8) is 0 Å². The zero-order chi connectivity index (χ0) is 12.1. The molecular weight excluding hydrogens is 220 g/mol. The first-order chi connectivity index (χ1) is 7.60. The topological polar surface area (TPSA) is 29.3 Å². The van der Waals surface area contributed by atoms with E-state index in [0.717, 1.165) is 23.6 Å². The summed E-state index contributed by atoms with van der Waals surface area (Å²) in [4.78, 5) is 2.37. The van der Waals surface area contributed by atoms with Crippen LogP contribution in [0, 0.1) is 0 Å². The van der Waals surface area contributed by atoms with E-state index < -0.39 is 0 Å². The Kier molecular flexibility index (Phi) is 5.10. The van der Waals surface area contributed by atoms with Gasteiger partial charge in [-0.15, -0.1) is 0 Å². The number of benzene rings is 1. The predicted octanol–water partition coefficient (Wildman–Crippen LogP) is 3.42. The summed E-state index contributed by atoms with van der Waals surface area (Å²) in [5.41, 5.74) is 8.10. The summed E-state index contributed by atoms with van der Waals surface area (Å²) in [7, 11) is 0. The molecule has 0 unspecified atom stereocenters. The van der Waals surface area contributed by atoms with Crippen LogP contribution in [0.25, 0.3) is 0 Å². The molecular formula is C13H21ClN2. The molecule has 0 bridgehead atoms. The molecule has 0 aromatic heterocycles. The SMILES string of the molecule is CCCN(c1ccc(Cl)cc1CN)C(C)C. The minimum Gasteiger partial charge on any atom is -0.369 e. The van der Waals surface area contributed by atoms with E-state index in [0.29, 0.717) is 12.6 Å².